The standard InChI is InChI=1S/C17H12ClF4NO3/c1-9(26-16(25)11-4-2-3-5-13(11)19)15(24)23-14-8-10(17(20,21)22)6-7-12(14)18/h2-9H,1H3,(H,23,24)/t9-/m1/s1. The molecule has 1 N–H and O–H groups in total. The number of carbonyl (C=O) groups excluding carboxylic acids is 2. The van der Waals surface area contributed by atoms with Crippen molar-refractivity contribution in [2.24, 2.45) is 0 Å². The molecule has 0 aliphatic carbocycles. The molecule has 0 saturated heterocycles. The van der Waals surface area contributed by atoms with E-state index in [0.717, 1.165) is 18.2 Å². The SMILES string of the molecule is C[C@@H](OC(=O)c1ccccc1F)C(=O)Nc1cc(C(F)(F)F)ccc1Cl. The maximum Gasteiger partial charge on any atom is 0.416 e. The summed E-state index contributed by atoms with van der Waals surface area (Å²) >= 11 is 5.78. The summed E-state index contributed by atoms with van der Waals surface area (Å²) in [5.41, 5.74) is -1.67. The molecule has 0 aliphatic rings. The van der Waals surface area contributed by atoms with E-state index in [1.165, 1.54) is 25.1 Å². The molecule has 4 nitrogen and oxygen atoms in total. The van der Waals surface area contributed by atoms with E-state index in [2.05, 4.69) is 5.32 Å². The number of carbonyl (C=O) groups is 2. The molecule has 0 aromatic heterocycles. The van der Waals surface area contributed by atoms with Crippen LogP contribution in [-0.4, -0.2) is 18.0 Å². The van der Waals surface area contributed by atoms with Crippen LogP contribution in [0.15, 0.2) is 42.5 Å². The Hall–Kier alpha value is -2.61. The quantitative estimate of drug-likeness (QED) is 0.610. The second-order valence-electron chi connectivity index (χ2n) is 5.21. The van der Waals surface area contributed by atoms with Gasteiger partial charge in [-0.15, -0.1) is 0 Å². The number of halogens is 5. The molecular weight excluding hydrogens is 378 g/mol. The molecule has 2 rings (SSSR count). The Morgan fingerprint density at radius 2 is 1.81 bits per heavy atom. The lowest BCUT2D eigenvalue weighted by atomic mass is 10.2. The summed E-state index contributed by atoms with van der Waals surface area (Å²) in [6.07, 6.45) is -6.01. The molecule has 1 amide bonds. The molecule has 9 heteroatoms. The highest BCUT2D eigenvalue weighted by Crippen LogP contribution is 2.33. The van der Waals surface area contributed by atoms with Gasteiger partial charge in [0, 0.05) is 0 Å². The highest BCUT2D eigenvalue weighted by Gasteiger charge is 2.31. The largest absolute Gasteiger partial charge is 0.449 e. The van der Waals surface area contributed by atoms with Crippen molar-refractivity contribution < 1.29 is 31.9 Å². The van der Waals surface area contributed by atoms with Crippen molar-refractivity contribution in [2.75, 3.05) is 5.32 Å². The zero-order valence-electron chi connectivity index (χ0n) is 13.2. The smallest absolute Gasteiger partial charge is 0.416 e. The van der Waals surface area contributed by atoms with Crippen molar-refractivity contribution in [1.29, 1.82) is 0 Å². The summed E-state index contributed by atoms with van der Waals surface area (Å²) in [5.74, 6) is -2.83. The van der Waals surface area contributed by atoms with Crippen molar-refractivity contribution in [3.05, 3.63) is 64.4 Å². The van der Waals surface area contributed by atoms with Gasteiger partial charge in [0.05, 0.1) is 21.8 Å². The monoisotopic (exact) mass is 389 g/mol. The van der Waals surface area contributed by atoms with Gasteiger partial charge in [-0.1, -0.05) is 23.7 Å². The molecule has 0 radical (unpaired) electrons. The van der Waals surface area contributed by atoms with Crippen molar-refractivity contribution in [3.8, 4) is 0 Å². The van der Waals surface area contributed by atoms with Crippen molar-refractivity contribution in [3.63, 3.8) is 0 Å². The number of rotatable bonds is 4. The third-order valence-electron chi connectivity index (χ3n) is 3.30. The fourth-order valence-electron chi connectivity index (χ4n) is 1.94. The van der Waals surface area contributed by atoms with Gasteiger partial charge in [0.2, 0.25) is 0 Å². The van der Waals surface area contributed by atoms with E-state index in [1.54, 1.807) is 0 Å². The van der Waals surface area contributed by atoms with Gasteiger partial charge in [0.1, 0.15) is 5.82 Å². The first kappa shape index (κ1) is 19.7. The normalized spacial score (nSPS) is 12.4. The van der Waals surface area contributed by atoms with Crippen molar-refractivity contribution in [1.82, 2.24) is 0 Å². The van der Waals surface area contributed by atoms with Crippen molar-refractivity contribution >= 4 is 29.2 Å². The molecule has 2 aromatic rings. The molecular formula is C17H12ClF4NO3. The highest BCUT2D eigenvalue weighted by molar-refractivity contribution is 6.33. The Morgan fingerprint density at radius 1 is 1.15 bits per heavy atom. The molecule has 0 fully saturated rings. The van der Waals surface area contributed by atoms with E-state index >= 15 is 0 Å². The van der Waals surface area contributed by atoms with E-state index in [0.29, 0.717) is 6.07 Å². The van der Waals surface area contributed by atoms with Crippen LogP contribution in [0.4, 0.5) is 23.2 Å². The fourth-order valence-corrected chi connectivity index (χ4v) is 2.10. The first-order valence-electron chi connectivity index (χ1n) is 7.22. The second kappa shape index (κ2) is 7.74. The predicted molar refractivity (Wildman–Crippen MR) is 86.4 cm³/mol. The average molecular weight is 390 g/mol. The molecule has 1 atom stereocenters. The molecule has 2 aromatic carbocycles. The minimum Gasteiger partial charge on any atom is -0.449 e. The lowest BCUT2D eigenvalue weighted by molar-refractivity contribution is -0.137. The molecule has 26 heavy (non-hydrogen) atoms. The third kappa shape index (κ3) is 4.72. The lowest BCUT2D eigenvalue weighted by Crippen LogP contribution is -2.30. The minimum atomic E-state index is -4.62. The number of hydrogen-bond donors (Lipinski definition) is 1. The summed E-state index contributed by atoms with van der Waals surface area (Å²) in [7, 11) is 0. The summed E-state index contributed by atoms with van der Waals surface area (Å²) < 4.78 is 56.6. The molecule has 138 valence electrons. The van der Waals surface area contributed by atoms with Crippen LogP contribution in [0.5, 0.6) is 0 Å². The van der Waals surface area contributed by atoms with Crippen LogP contribution in [-0.2, 0) is 15.7 Å². The highest BCUT2D eigenvalue weighted by atomic mass is 35.5. The predicted octanol–water partition coefficient (Wildman–Crippen LogP) is 4.68. The van der Waals surface area contributed by atoms with Crippen LogP contribution in [0.25, 0.3) is 0 Å². The zero-order valence-corrected chi connectivity index (χ0v) is 14.0. The number of hydrogen-bond acceptors (Lipinski definition) is 3. The van der Waals surface area contributed by atoms with E-state index in [1.807, 2.05) is 0 Å². The van der Waals surface area contributed by atoms with Crippen LogP contribution in [0.2, 0.25) is 5.02 Å². The van der Waals surface area contributed by atoms with Crippen LogP contribution in [0.1, 0.15) is 22.8 Å². The van der Waals surface area contributed by atoms with E-state index in [4.69, 9.17) is 16.3 Å². The van der Waals surface area contributed by atoms with Crippen LogP contribution in [0, 0.1) is 5.82 Å². The van der Waals surface area contributed by atoms with E-state index in [9.17, 15) is 27.2 Å². The van der Waals surface area contributed by atoms with Gasteiger partial charge < -0.3 is 10.1 Å². The van der Waals surface area contributed by atoms with Gasteiger partial charge in [-0.25, -0.2) is 9.18 Å². The Kier molecular flexibility index (Phi) is 5.86. The van der Waals surface area contributed by atoms with Gasteiger partial charge in [0.15, 0.2) is 6.10 Å². The van der Waals surface area contributed by atoms with Gasteiger partial charge in [-0.3, -0.25) is 4.79 Å². The van der Waals surface area contributed by atoms with Gasteiger partial charge >= 0.3 is 12.1 Å². The molecule has 0 bridgehead atoms. The first-order valence-corrected chi connectivity index (χ1v) is 7.60. The van der Waals surface area contributed by atoms with Crippen molar-refractivity contribution in [2.45, 2.75) is 19.2 Å². The summed E-state index contributed by atoms with van der Waals surface area (Å²) in [6.45, 7) is 1.19. The number of anilines is 1. The topological polar surface area (TPSA) is 55.4 Å². The second-order valence-corrected chi connectivity index (χ2v) is 5.62. The lowest BCUT2D eigenvalue weighted by Gasteiger charge is -2.15. The summed E-state index contributed by atoms with van der Waals surface area (Å²) in [4.78, 5) is 23.9. The number of alkyl halides is 3. The third-order valence-corrected chi connectivity index (χ3v) is 3.63. The maximum atomic E-state index is 13.5. The fraction of sp³-hybridized carbons (Fsp3) is 0.176. The van der Waals surface area contributed by atoms with Crippen LogP contribution < -0.4 is 5.32 Å². The van der Waals surface area contributed by atoms with Crippen LogP contribution >= 0.6 is 11.6 Å². The summed E-state index contributed by atoms with van der Waals surface area (Å²) in [6, 6.07) is 7.40. The Balaban J connectivity index is 2.10. The number of benzene rings is 2. The van der Waals surface area contributed by atoms with Gasteiger partial charge in [0.25, 0.3) is 5.91 Å². The van der Waals surface area contributed by atoms with E-state index in [-0.39, 0.29) is 16.3 Å². The molecule has 0 saturated carbocycles. The first-order chi connectivity index (χ1) is 12.1. The molecule has 0 unspecified atom stereocenters. The number of ether oxygens (including phenoxy) is 1. The Labute approximate surface area is 150 Å². The van der Waals surface area contributed by atoms with E-state index < -0.39 is 35.5 Å². The molecule has 0 heterocycles. The molecule has 0 aliphatic heterocycles. The maximum absolute atomic E-state index is 13.5. The number of esters is 1. The zero-order chi connectivity index (χ0) is 19.5. The van der Waals surface area contributed by atoms with Crippen LogP contribution in [0.3, 0.4) is 0 Å². The molecule has 0 spiro atoms. The number of amides is 1. The number of nitrogens with one attached hydrogen (secondary N) is 1. The average Bonchev–Trinajstić information content (AvgIpc) is 2.55. The Morgan fingerprint density at radius 3 is 2.42 bits per heavy atom. The summed E-state index contributed by atoms with van der Waals surface area (Å²) in [5, 5.41) is 2.03. The van der Waals surface area contributed by atoms with Gasteiger partial charge in [-0.05, 0) is 37.3 Å². The minimum absolute atomic E-state index is 0.126. The van der Waals surface area contributed by atoms with Gasteiger partial charge in [-0.2, -0.15) is 13.2 Å². The Bertz CT molecular complexity index is 839.